The second kappa shape index (κ2) is 6.49. The molecule has 0 heterocycles. The quantitative estimate of drug-likeness (QED) is 0.847. The van der Waals surface area contributed by atoms with Crippen molar-refractivity contribution in [2.45, 2.75) is 46.2 Å². The van der Waals surface area contributed by atoms with Crippen LogP contribution in [0.15, 0.2) is 18.2 Å². The van der Waals surface area contributed by atoms with E-state index >= 15 is 0 Å². The van der Waals surface area contributed by atoms with Gasteiger partial charge in [0.1, 0.15) is 5.82 Å². The number of benzene rings is 1. The molecule has 1 rings (SSSR count). The summed E-state index contributed by atoms with van der Waals surface area (Å²) in [4.78, 5) is 2.36. The fourth-order valence-electron chi connectivity index (χ4n) is 2.99. The van der Waals surface area contributed by atoms with Gasteiger partial charge in [0.05, 0.1) is 6.04 Å². The summed E-state index contributed by atoms with van der Waals surface area (Å²) in [5.74, 6) is -0.134. The summed E-state index contributed by atoms with van der Waals surface area (Å²) in [6, 6.07) is 5.29. The number of nitrogens with one attached hydrogen (secondary N) is 1. The molecular weight excluding hydrogens is 239 g/mol. The van der Waals surface area contributed by atoms with Gasteiger partial charge < -0.3 is 5.32 Å². The third-order valence-electron chi connectivity index (χ3n) is 4.04. The highest BCUT2D eigenvalue weighted by molar-refractivity contribution is 5.29. The summed E-state index contributed by atoms with van der Waals surface area (Å²) < 4.78 is 14.1. The number of hydrogen-bond donors (Lipinski definition) is 1. The minimum Gasteiger partial charge on any atom is -0.311 e. The normalized spacial score (nSPS) is 13.9. The number of rotatable bonds is 6. The first-order valence-corrected chi connectivity index (χ1v) is 7.06. The van der Waals surface area contributed by atoms with Crippen LogP contribution in [0.25, 0.3) is 0 Å². The van der Waals surface area contributed by atoms with E-state index in [9.17, 15) is 4.39 Å². The van der Waals surface area contributed by atoms with Gasteiger partial charge in [-0.3, -0.25) is 4.90 Å². The van der Waals surface area contributed by atoms with E-state index in [1.807, 2.05) is 26.1 Å². The zero-order valence-corrected chi connectivity index (χ0v) is 13.0. The lowest BCUT2D eigenvalue weighted by Crippen LogP contribution is -2.52. The first-order chi connectivity index (χ1) is 8.88. The molecule has 3 heteroatoms. The monoisotopic (exact) mass is 266 g/mol. The number of nitrogens with zero attached hydrogens (tertiary/aromatic N) is 1. The summed E-state index contributed by atoms with van der Waals surface area (Å²) in [5, 5.41) is 3.29. The van der Waals surface area contributed by atoms with Crippen LogP contribution < -0.4 is 5.32 Å². The number of halogens is 1. The topological polar surface area (TPSA) is 15.3 Å². The third-order valence-corrected chi connectivity index (χ3v) is 4.04. The van der Waals surface area contributed by atoms with E-state index in [0.29, 0.717) is 0 Å². The minimum absolute atomic E-state index is 0.0349. The van der Waals surface area contributed by atoms with Crippen molar-refractivity contribution in [3.63, 3.8) is 0 Å². The van der Waals surface area contributed by atoms with Crippen molar-refractivity contribution >= 4 is 0 Å². The Hall–Kier alpha value is -0.930. The zero-order chi connectivity index (χ0) is 14.6. The highest BCUT2D eigenvalue weighted by atomic mass is 19.1. The number of likely N-dealkylation sites (N-methyl/N-ethyl adjacent to an activating group) is 2. The van der Waals surface area contributed by atoms with Crippen molar-refractivity contribution in [1.82, 2.24) is 10.2 Å². The molecule has 0 aliphatic heterocycles. The van der Waals surface area contributed by atoms with Gasteiger partial charge >= 0.3 is 0 Å². The maximum atomic E-state index is 14.1. The van der Waals surface area contributed by atoms with Gasteiger partial charge in [-0.2, -0.15) is 0 Å². The first-order valence-electron chi connectivity index (χ1n) is 7.06. The maximum Gasteiger partial charge on any atom is 0.128 e. The molecule has 0 bridgehead atoms. The van der Waals surface area contributed by atoms with Gasteiger partial charge in [0.25, 0.3) is 0 Å². The summed E-state index contributed by atoms with van der Waals surface area (Å²) in [7, 11) is 1.90. The largest absolute Gasteiger partial charge is 0.311 e. The van der Waals surface area contributed by atoms with Crippen LogP contribution in [-0.4, -0.2) is 30.6 Å². The minimum atomic E-state index is -0.146. The van der Waals surface area contributed by atoms with Crippen molar-refractivity contribution in [2.24, 2.45) is 0 Å². The zero-order valence-electron chi connectivity index (χ0n) is 13.0. The number of hydrogen-bond acceptors (Lipinski definition) is 2. The second-order valence-electron chi connectivity index (χ2n) is 5.57. The molecule has 108 valence electrons. The van der Waals surface area contributed by atoms with E-state index in [0.717, 1.165) is 24.2 Å². The van der Waals surface area contributed by atoms with Crippen molar-refractivity contribution in [3.8, 4) is 0 Å². The molecule has 0 aromatic heterocycles. The fraction of sp³-hybridized carbons (Fsp3) is 0.625. The average molecular weight is 266 g/mol. The van der Waals surface area contributed by atoms with Crippen molar-refractivity contribution in [3.05, 3.63) is 35.1 Å². The smallest absolute Gasteiger partial charge is 0.128 e. The Labute approximate surface area is 117 Å². The van der Waals surface area contributed by atoms with E-state index in [1.165, 1.54) is 0 Å². The second-order valence-corrected chi connectivity index (χ2v) is 5.57. The molecular formula is C16H27FN2. The summed E-state index contributed by atoms with van der Waals surface area (Å²) >= 11 is 0. The molecule has 0 radical (unpaired) electrons. The molecule has 0 aliphatic carbocycles. The molecule has 0 saturated carbocycles. The van der Waals surface area contributed by atoms with Gasteiger partial charge in [-0.15, -0.1) is 0 Å². The lowest BCUT2D eigenvalue weighted by Gasteiger charge is -2.43. The molecule has 2 nitrogen and oxygen atoms in total. The molecule has 1 N–H and O–H groups in total. The Balaban J connectivity index is 3.22. The molecule has 0 saturated heterocycles. The van der Waals surface area contributed by atoms with Gasteiger partial charge in [-0.05, 0) is 47.0 Å². The van der Waals surface area contributed by atoms with Gasteiger partial charge in [0.15, 0.2) is 0 Å². The average Bonchev–Trinajstić information content (AvgIpc) is 2.35. The molecule has 0 fully saturated rings. The van der Waals surface area contributed by atoms with Gasteiger partial charge in [0.2, 0.25) is 0 Å². The number of aryl methyl sites for hydroxylation is 1. The summed E-state index contributed by atoms with van der Waals surface area (Å²) in [6.07, 6.45) is 0. The van der Waals surface area contributed by atoms with Crippen LogP contribution in [0.3, 0.4) is 0 Å². The highest BCUT2D eigenvalue weighted by Gasteiger charge is 2.35. The molecule has 1 aromatic carbocycles. The molecule has 0 aliphatic rings. The van der Waals surface area contributed by atoms with Crippen LogP contribution in [0.2, 0.25) is 0 Å². The Morgan fingerprint density at radius 2 is 1.84 bits per heavy atom. The van der Waals surface area contributed by atoms with Crippen molar-refractivity contribution in [1.29, 1.82) is 0 Å². The molecule has 0 spiro atoms. The van der Waals surface area contributed by atoms with Crippen LogP contribution in [-0.2, 0) is 0 Å². The van der Waals surface area contributed by atoms with Gasteiger partial charge in [-0.25, -0.2) is 4.39 Å². The van der Waals surface area contributed by atoms with E-state index < -0.39 is 0 Å². The molecule has 1 unspecified atom stereocenters. The Morgan fingerprint density at radius 3 is 2.32 bits per heavy atom. The Kier molecular flexibility index (Phi) is 5.50. The molecule has 19 heavy (non-hydrogen) atoms. The van der Waals surface area contributed by atoms with Crippen LogP contribution in [0.4, 0.5) is 4.39 Å². The summed E-state index contributed by atoms with van der Waals surface area (Å²) in [6.45, 7) is 12.5. The Bertz CT molecular complexity index is 411. The Morgan fingerprint density at radius 1 is 1.26 bits per heavy atom. The van der Waals surface area contributed by atoms with Crippen LogP contribution in [0.1, 0.15) is 44.9 Å². The predicted molar refractivity (Wildman–Crippen MR) is 79.9 cm³/mol. The van der Waals surface area contributed by atoms with E-state index in [1.54, 1.807) is 6.07 Å². The van der Waals surface area contributed by atoms with Crippen molar-refractivity contribution < 1.29 is 4.39 Å². The SMILES string of the molecule is CCN(CC)C(C)(C)C(NC)c1cc(C)ccc1F. The predicted octanol–water partition coefficient (Wildman–Crippen LogP) is 3.52. The van der Waals surface area contributed by atoms with E-state index in [2.05, 4.69) is 37.9 Å². The van der Waals surface area contributed by atoms with Crippen LogP contribution in [0.5, 0.6) is 0 Å². The fourth-order valence-corrected chi connectivity index (χ4v) is 2.99. The highest BCUT2D eigenvalue weighted by Crippen LogP contribution is 2.32. The first kappa shape index (κ1) is 16.1. The lowest BCUT2D eigenvalue weighted by molar-refractivity contribution is 0.0929. The van der Waals surface area contributed by atoms with Crippen molar-refractivity contribution in [2.75, 3.05) is 20.1 Å². The van der Waals surface area contributed by atoms with Crippen LogP contribution >= 0.6 is 0 Å². The van der Waals surface area contributed by atoms with Crippen LogP contribution in [0, 0.1) is 12.7 Å². The molecule has 0 amide bonds. The third kappa shape index (κ3) is 3.34. The van der Waals surface area contributed by atoms with E-state index in [-0.39, 0.29) is 17.4 Å². The van der Waals surface area contributed by atoms with Gasteiger partial charge in [0, 0.05) is 11.1 Å². The maximum absolute atomic E-state index is 14.1. The summed E-state index contributed by atoms with van der Waals surface area (Å²) in [5.41, 5.74) is 1.69. The van der Waals surface area contributed by atoms with E-state index in [4.69, 9.17) is 0 Å². The molecule has 1 aromatic rings. The lowest BCUT2D eigenvalue weighted by atomic mass is 9.86. The molecule has 1 atom stereocenters. The van der Waals surface area contributed by atoms with Gasteiger partial charge in [-0.1, -0.05) is 31.5 Å². The standard InChI is InChI=1S/C16H27FN2/c1-7-19(8-2)16(4,5)15(18-6)13-11-12(3)9-10-14(13)17/h9-11,15,18H,7-8H2,1-6H3.